The zero-order chi connectivity index (χ0) is 7.40. The third kappa shape index (κ3) is 1.63. The molecule has 0 N–H and O–H groups in total. The second kappa shape index (κ2) is 3.82. The van der Waals surface area contributed by atoms with E-state index in [2.05, 4.69) is 38.2 Å². The van der Waals surface area contributed by atoms with Crippen LogP contribution in [0.5, 0.6) is 0 Å². The summed E-state index contributed by atoms with van der Waals surface area (Å²) in [5.41, 5.74) is 1.45. The maximum atomic E-state index is 2.19. The summed E-state index contributed by atoms with van der Waals surface area (Å²) in [4.78, 5) is 1.41. The molecule has 0 bridgehead atoms. The van der Waals surface area contributed by atoms with Crippen molar-refractivity contribution in [3.05, 3.63) is 23.7 Å². The molecule has 1 rings (SSSR count). The first-order chi connectivity index (χ1) is 4.88. The molecule has 0 aliphatic heterocycles. The van der Waals surface area contributed by atoms with Crippen LogP contribution >= 0.6 is 11.8 Å². The summed E-state index contributed by atoms with van der Waals surface area (Å²) in [7, 11) is 0. The van der Waals surface area contributed by atoms with Gasteiger partial charge in [0.05, 0.1) is 0 Å². The minimum absolute atomic E-state index is 1.14. The predicted octanol–water partition coefficient (Wildman–Crippen LogP) is 2.31. The molecule has 1 aromatic rings. The standard InChI is InChI=1S/C8H11BS/c1-3-7-5-4-6-9-8(7)10-2/h4-6H,3H2,1-2H3. The van der Waals surface area contributed by atoms with Crippen LogP contribution in [0.2, 0.25) is 0 Å². The van der Waals surface area contributed by atoms with Gasteiger partial charge in [0.15, 0.2) is 0 Å². The van der Waals surface area contributed by atoms with E-state index >= 15 is 0 Å². The van der Waals surface area contributed by atoms with E-state index in [0.29, 0.717) is 0 Å². The molecule has 0 radical (unpaired) electrons. The van der Waals surface area contributed by atoms with Gasteiger partial charge in [-0.3, -0.25) is 0 Å². The van der Waals surface area contributed by atoms with Crippen LogP contribution in [0.4, 0.5) is 0 Å². The summed E-state index contributed by atoms with van der Waals surface area (Å²) in [6.07, 6.45) is 3.26. The number of thioether (sulfide) groups is 1. The van der Waals surface area contributed by atoms with Crippen LogP contribution in [-0.4, -0.2) is 13.2 Å². The number of hydrogen-bond donors (Lipinski definition) is 0. The van der Waals surface area contributed by atoms with Crippen molar-refractivity contribution in [2.45, 2.75) is 18.1 Å². The molecular formula is C8H11BS. The van der Waals surface area contributed by atoms with Gasteiger partial charge in [-0.05, 0) is 0 Å². The summed E-state index contributed by atoms with van der Waals surface area (Å²) in [5, 5.41) is 0. The Labute approximate surface area is 67.2 Å². The average molecular weight is 150 g/mol. The van der Waals surface area contributed by atoms with E-state index in [-0.39, 0.29) is 0 Å². The third-order valence-electron chi connectivity index (χ3n) is 1.57. The van der Waals surface area contributed by atoms with Crippen LogP contribution in [0.3, 0.4) is 0 Å². The quantitative estimate of drug-likeness (QED) is 0.583. The monoisotopic (exact) mass is 150 g/mol. The van der Waals surface area contributed by atoms with Crippen LogP contribution in [0.15, 0.2) is 22.9 Å². The Kier molecular flexibility index (Phi) is 3.00. The first kappa shape index (κ1) is 7.87. The molecule has 1 aromatic heterocycles. The van der Waals surface area contributed by atoms with Gasteiger partial charge in [-0.1, -0.05) is 0 Å². The summed E-state index contributed by atoms with van der Waals surface area (Å²) in [6, 6.07) is 4.28. The molecule has 0 nitrogen and oxygen atoms in total. The molecule has 0 fully saturated rings. The van der Waals surface area contributed by atoms with Gasteiger partial charge in [0.25, 0.3) is 0 Å². The van der Waals surface area contributed by atoms with Gasteiger partial charge in [0.2, 0.25) is 0 Å². The Morgan fingerprint density at radius 1 is 1.60 bits per heavy atom. The van der Waals surface area contributed by atoms with Crippen LogP contribution in [-0.2, 0) is 6.42 Å². The molecule has 0 atom stereocenters. The SMILES string of the molecule is CCc1cccbc1SC. The molecule has 0 aliphatic rings. The number of aryl methyl sites for hydroxylation is 1. The van der Waals surface area contributed by atoms with Crippen molar-refractivity contribution in [3.8, 4) is 0 Å². The van der Waals surface area contributed by atoms with Crippen LogP contribution < -0.4 is 0 Å². The van der Waals surface area contributed by atoms with Gasteiger partial charge >= 0.3 is 66.7 Å². The van der Waals surface area contributed by atoms with Crippen molar-refractivity contribution >= 4 is 18.7 Å². The Balaban J connectivity index is 2.96. The molecule has 0 aromatic carbocycles. The van der Waals surface area contributed by atoms with Crippen molar-refractivity contribution in [2.75, 3.05) is 6.26 Å². The van der Waals surface area contributed by atoms with E-state index in [0.717, 1.165) is 6.42 Å². The summed E-state index contributed by atoms with van der Waals surface area (Å²) < 4.78 is 0. The van der Waals surface area contributed by atoms with Gasteiger partial charge in [-0.2, -0.15) is 0 Å². The average Bonchev–Trinajstić information content (AvgIpc) is 2.04. The summed E-state index contributed by atoms with van der Waals surface area (Å²) >= 11 is 1.82. The fourth-order valence-electron chi connectivity index (χ4n) is 0.995. The Bertz CT molecular complexity index is 187. The molecular weight excluding hydrogens is 139 g/mol. The Morgan fingerprint density at radius 2 is 2.40 bits per heavy atom. The Morgan fingerprint density at radius 3 is 2.90 bits per heavy atom. The first-order valence-corrected chi connectivity index (χ1v) is 4.73. The fraction of sp³-hybridized carbons (Fsp3) is 0.375. The molecule has 0 saturated heterocycles. The molecule has 0 unspecified atom stereocenters. The topological polar surface area (TPSA) is 0 Å². The summed E-state index contributed by atoms with van der Waals surface area (Å²) in [5.74, 6) is 2.09. The molecule has 2 heteroatoms. The molecule has 0 saturated carbocycles. The first-order valence-electron chi connectivity index (χ1n) is 3.50. The maximum absolute atomic E-state index is 2.19. The zero-order valence-corrected chi connectivity index (χ0v) is 7.24. The van der Waals surface area contributed by atoms with Crippen LogP contribution in [0.1, 0.15) is 12.5 Å². The summed E-state index contributed by atoms with van der Waals surface area (Å²) in [6.45, 7) is 4.36. The normalized spacial score (nSPS) is 9.40. The molecule has 0 spiro atoms. The second-order valence-electron chi connectivity index (χ2n) is 2.17. The minimum atomic E-state index is 1.14. The third-order valence-corrected chi connectivity index (χ3v) is 2.41. The van der Waals surface area contributed by atoms with E-state index in [1.165, 1.54) is 10.4 Å². The molecule has 0 amide bonds. The van der Waals surface area contributed by atoms with Crippen LogP contribution in [0, 0.1) is 0 Å². The van der Waals surface area contributed by atoms with Crippen molar-refractivity contribution in [2.24, 2.45) is 0 Å². The molecule has 0 aliphatic carbocycles. The van der Waals surface area contributed by atoms with Crippen molar-refractivity contribution in [3.63, 3.8) is 0 Å². The second-order valence-corrected chi connectivity index (χ2v) is 3.01. The fourth-order valence-corrected chi connectivity index (χ4v) is 1.68. The van der Waals surface area contributed by atoms with E-state index in [1.54, 1.807) is 0 Å². The van der Waals surface area contributed by atoms with Crippen molar-refractivity contribution in [1.82, 2.24) is 0 Å². The van der Waals surface area contributed by atoms with Crippen LogP contribution in [0.25, 0.3) is 0 Å². The van der Waals surface area contributed by atoms with Gasteiger partial charge in [0, 0.05) is 0 Å². The van der Waals surface area contributed by atoms with Crippen molar-refractivity contribution in [1.29, 1.82) is 0 Å². The van der Waals surface area contributed by atoms with Gasteiger partial charge < -0.3 is 0 Å². The zero-order valence-electron chi connectivity index (χ0n) is 6.42. The van der Waals surface area contributed by atoms with Gasteiger partial charge in [-0.25, -0.2) is 0 Å². The molecule has 10 heavy (non-hydrogen) atoms. The number of rotatable bonds is 2. The van der Waals surface area contributed by atoms with E-state index in [4.69, 9.17) is 0 Å². The van der Waals surface area contributed by atoms with E-state index < -0.39 is 0 Å². The van der Waals surface area contributed by atoms with E-state index in [1.807, 2.05) is 11.8 Å². The Hall–Kier alpha value is -0.235. The van der Waals surface area contributed by atoms with Gasteiger partial charge in [-0.15, -0.1) is 0 Å². The van der Waals surface area contributed by atoms with Gasteiger partial charge in [0.1, 0.15) is 0 Å². The van der Waals surface area contributed by atoms with Crippen molar-refractivity contribution < 1.29 is 0 Å². The predicted molar refractivity (Wildman–Crippen MR) is 48.9 cm³/mol. The van der Waals surface area contributed by atoms with E-state index in [9.17, 15) is 0 Å². The molecule has 52 valence electrons. The molecule has 1 heterocycles. The number of hydrogen-bond acceptors (Lipinski definition) is 1.